The van der Waals surface area contributed by atoms with Crippen LogP contribution in [-0.2, 0) is 14.3 Å². The maximum absolute atomic E-state index is 10.5. The van der Waals surface area contributed by atoms with Crippen molar-refractivity contribution in [1.82, 2.24) is 0 Å². The van der Waals surface area contributed by atoms with Crippen molar-refractivity contribution in [3.63, 3.8) is 0 Å². The second-order valence-electron chi connectivity index (χ2n) is 3.71. The van der Waals surface area contributed by atoms with Crippen molar-refractivity contribution in [2.24, 2.45) is 0 Å². The third kappa shape index (κ3) is 87.4. The predicted molar refractivity (Wildman–Crippen MR) is 104 cm³/mol. The van der Waals surface area contributed by atoms with Gasteiger partial charge in [-0.3, -0.25) is 0 Å². The molecule has 0 unspecified atom stereocenters. The minimum atomic E-state index is -0.366. The Morgan fingerprint density at radius 2 is 1.33 bits per heavy atom. The zero-order chi connectivity index (χ0) is 20.2. The topological polar surface area (TPSA) is 76.0 Å². The molecule has 0 saturated heterocycles. The van der Waals surface area contributed by atoms with Crippen LogP contribution in [0.1, 0.15) is 34.6 Å². The summed E-state index contributed by atoms with van der Waals surface area (Å²) >= 11 is 0. The van der Waals surface area contributed by atoms with Crippen molar-refractivity contribution < 1.29 is 24.5 Å². The number of rotatable bonds is 6. The predicted octanol–water partition coefficient (Wildman–Crippen LogP) is 3.69. The molecule has 0 amide bonds. The first-order valence-corrected chi connectivity index (χ1v) is 7.71. The van der Waals surface area contributed by atoms with Crippen LogP contribution in [0.15, 0.2) is 50.1 Å². The van der Waals surface area contributed by atoms with E-state index in [-0.39, 0.29) is 25.8 Å². The van der Waals surface area contributed by atoms with Gasteiger partial charge in [-0.2, -0.15) is 0 Å². The first-order valence-electron chi connectivity index (χ1n) is 7.71. The summed E-state index contributed by atoms with van der Waals surface area (Å²) in [7, 11) is 0. The highest BCUT2D eigenvalue weighted by Crippen LogP contribution is 1.90. The van der Waals surface area contributed by atoms with E-state index < -0.39 is 0 Å². The van der Waals surface area contributed by atoms with E-state index in [0.29, 0.717) is 5.57 Å². The Hall–Kier alpha value is -1.69. The van der Waals surface area contributed by atoms with Gasteiger partial charge in [0.15, 0.2) is 0 Å². The van der Waals surface area contributed by atoms with Gasteiger partial charge in [0.1, 0.15) is 6.61 Å². The molecule has 0 aromatic rings. The van der Waals surface area contributed by atoms with Gasteiger partial charge in [0.05, 0.1) is 13.2 Å². The molecule has 2 N–H and O–H groups in total. The highest BCUT2D eigenvalue weighted by molar-refractivity contribution is 5.86. The van der Waals surface area contributed by atoms with Crippen LogP contribution in [0, 0.1) is 0 Å². The number of ether oxygens (including phenoxy) is 2. The molecule has 144 valence electrons. The van der Waals surface area contributed by atoms with Crippen molar-refractivity contribution in [3.05, 3.63) is 50.1 Å². The van der Waals surface area contributed by atoms with Gasteiger partial charge in [-0.15, -0.1) is 13.2 Å². The molecule has 5 heteroatoms. The molecule has 5 nitrogen and oxygen atoms in total. The average Bonchev–Trinajstić information content (AvgIpc) is 2.55. The Kier molecular flexibility index (Phi) is 60.5. The van der Waals surface area contributed by atoms with Crippen molar-refractivity contribution in [3.8, 4) is 0 Å². The Labute approximate surface area is 149 Å². The van der Waals surface area contributed by atoms with Crippen LogP contribution >= 0.6 is 0 Å². The van der Waals surface area contributed by atoms with E-state index in [1.807, 2.05) is 27.7 Å². The van der Waals surface area contributed by atoms with Gasteiger partial charge in [0.25, 0.3) is 0 Å². The van der Waals surface area contributed by atoms with E-state index in [1.165, 1.54) is 6.08 Å². The van der Waals surface area contributed by atoms with Gasteiger partial charge >= 0.3 is 5.97 Å². The zero-order valence-corrected chi connectivity index (χ0v) is 16.2. The van der Waals surface area contributed by atoms with Crippen LogP contribution in [0.5, 0.6) is 0 Å². The van der Waals surface area contributed by atoms with Gasteiger partial charge in [-0.1, -0.05) is 31.4 Å². The molecule has 0 heterocycles. The van der Waals surface area contributed by atoms with Crippen molar-refractivity contribution in [2.75, 3.05) is 33.0 Å². The molecule has 0 aliphatic carbocycles. The largest absolute Gasteiger partial charge is 0.458 e. The number of allylic oxidation sites excluding steroid dienone is 2. The molecule has 0 aromatic carbocycles. The van der Waals surface area contributed by atoms with E-state index in [2.05, 4.69) is 31.1 Å². The average molecular weight is 347 g/mol. The number of aliphatic hydroxyl groups is 2. The molecule has 0 spiro atoms. The Morgan fingerprint density at radius 3 is 1.46 bits per heavy atom. The normalized spacial score (nSPS) is 7.12. The van der Waals surface area contributed by atoms with Crippen molar-refractivity contribution in [2.45, 2.75) is 34.6 Å². The first kappa shape index (κ1) is 33.8. The smallest absolute Gasteiger partial charge is 0.333 e. The van der Waals surface area contributed by atoms with Crippen LogP contribution in [-0.4, -0.2) is 49.2 Å². The molecule has 0 aliphatic heterocycles. The highest BCUT2D eigenvalue weighted by atomic mass is 16.5. The third-order valence-electron chi connectivity index (χ3n) is 1.19. The van der Waals surface area contributed by atoms with Crippen LogP contribution in [0.2, 0.25) is 0 Å². The maximum atomic E-state index is 10.5. The number of aliphatic hydroxyl groups excluding tert-OH is 2. The molecule has 24 heavy (non-hydrogen) atoms. The summed E-state index contributed by atoms with van der Waals surface area (Å²) in [6, 6.07) is 0. The fourth-order valence-electron chi connectivity index (χ4n) is 0.462. The number of hydrogen-bond acceptors (Lipinski definition) is 5. The summed E-state index contributed by atoms with van der Waals surface area (Å²) in [5, 5.41) is 15.2. The molecule has 0 bridgehead atoms. The fourth-order valence-corrected chi connectivity index (χ4v) is 0.462. The maximum Gasteiger partial charge on any atom is 0.333 e. The van der Waals surface area contributed by atoms with Crippen molar-refractivity contribution in [1.29, 1.82) is 0 Å². The lowest BCUT2D eigenvalue weighted by Crippen LogP contribution is -2.03. The van der Waals surface area contributed by atoms with Gasteiger partial charge in [0, 0.05) is 18.8 Å². The summed E-state index contributed by atoms with van der Waals surface area (Å²) in [5.74, 6) is -0.366. The van der Waals surface area contributed by atoms with Crippen LogP contribution < -0.4 is 0 Å². The van der Waals surface area contributed by atoms with E-state index >= 15 is 0 Å². The number of carbonyl (C=O) groups is 1. The van der Waals surface area contributed by atoms with Crippen molar-refractivity contribution >= 4 is 5.97 Å². The number of carbonyl (C=O) groups excluding carboxylic acids is 1. The summed E-state index contributed by atoms with van der Waals surface area (Å²) < 4.78 is 9.43. The van der Waals surface area contributed by atoms with Crippen LogP contribution in [0.25, 0.3) is 0 Å². The Bertz CT molecular complexity index is 263. The fraction of sp³-hybridized carbons (Fsp3) is 0.526. The summed E-state index contributed by atoms with van der Waals surface area (Å²) in [4.78, 5) is 10.5. The second kappa shape index (κ2) is 42.9. The quantitative estimate of drug-likeness (QED) is 0.436. The molecule has 0 radical (unpaired) electrons. The summed E-state index contributed by atoms with van der Waals surface area (Å²) in [6.45, 7) is 24.6. The molecule has 0 aromatic heterocycles. The molecule has 0 aliphatic rings. The minimum Gasteiger partial charge on any atom is -0.458 e. The van der Waals surface area contributed by atoms with Crippen LogP contribution in [0.4, 0.5) is 0 Å². The Balaban J connectivity index is -0.0000000687. The molecule has 0 saturated carbocycles. The minimum absolute atomic E-state index is 0.125. The van der Waals surface area contributed by atoms with E-state index in [0.717, 1.165) is 13.2 Å². The molecular formula is C19H38O5. The Morgan fingerprint density at radius 1 is 1.00 bits per heavy atom. The molecule has 0 atom stereocenters. The lowest BCUT2D eigenvalue weighted by molar-refractivity contribution is -0.137. The van der Waals surface area contributed by atoms with Gasteiger partial charge < -0.3 is 19.7 Å². The standard InChI is InChI=1S/C7H10O2.C4H10O.2C3H6.C2H6O2/c1-4-5-9-7(8)6(2)3;1-3-5-4-2;2*1-3-2;3-1-2-4/h4H,1-2,5H2,3H3;3-4H2,1-2H3;2*3H,1H2,2H3;3-4H,1-2H2. The van der Waals surface area contributed by atoms with Crippen LogP contribution in [0.3, 0.4) is 0 Å². The van der Waals surface area contributed by atoms with Gasteiger partial charge in [0.2, 0.25) is 0 Å². The molecular weight excluding hydrogens is 308 g/mol. The lowest BCUT2D eigenvalue weighted by atomic mass is 10.4. The van der Waals surface area contributed by atoms with Gasteiger partial charge in [-0.25, -0.2) is 4.79 Å². The monoisotopic (exact) mass is 346 g/mol. The third-order valence-corrected chi connectivity index (χ3v) is 1.19. The molecule has 0 rings (SSSR count). The zero-order valence-electron chi connectivity index (χ0n) is 16.2. The van der Waals surface area contributed by atoms with Gasteiger partial charge in [-0.05, 0) is 34.6 Å². The second-order valence-corrected chi connectivity index (χ2v) is 3.71. The number of hydrogen-bond donors (Lipinski definition) is 2. The van der Waals surface area contributed by atoms with E-state index in [9.17, 15) is 4.79 Å². The summed E-state index contributed by atoms with van der Waals surface area (Å²) in [5.41, 5.74) is 0.414. The number of esters is 1. The lowest BCUT2D eigenvalue weighted by Gasteiger charge is -1.97. The summed E-state index contributed by atoms with van der Waals surface area (Å²) in [6.07, 6.45) is 5.01. The van der Waals surface area contributed by atoms with E-state index in [4.69, 9.17) is 14.9 Å². The first-order chi connectivity index (χ1) is 11.3. The molecule has 0 fully saturated rings. The van der Waals surface area contributed by atoms with E-state index in [1.54, 1.807) is 19.1 Å². The SMILES string of the molecule is C=CC.C=CC.C=CCOC(=O)C(=C)C.CCOCC.OCCO. The highest BCUT2D eigenvalue weighted by Gasteiger charge is 1.98.